The summed E-state index contributed by atoms with van der Waals surface area (Å²) in [7, 11) is 0. The van der Waals surface area contributed by atoms with E-state index in [9.17, 15) is 39.9 Å². The number of morpholine rings is 1. The molecule has 2 aromatic rings. The molecule has 1 saturated heterocycles. The zero-order valence-electron chi connectivity index (χ0n) is 22.7. The van der Waals surface area contributed by atoms with Crippen LogP contribution in [0.5, 0.6) is 0 Å². The van der Waals surface area contributed by atoms with Crippen LogP contribution >= 0.6 is 11.6 Å². The van der Waals surface area contributed by atoms with Crippen molar-refractivity contribution >= 4 is 17.5 Å². The number of carbonyl (C=O) groups excluding carboxylic acids is 1. The van der Waals surface area contributed by atoms with E-state index in [4.69, 9.17) is 16.3 Å². The van der Waals surface area contributed by atoms with Gasteiger partial charge in [0.25, 0.3) is 5.91 Å². The fourth-order valence-corrected chi connectivity index (χ4v) is 5.35. The fraction of sp³-hybridized carbons (Fsp3) is 0.552. The molecule has 1 aliphatic heterocycles. The van der Waals surface area contributed by atoms with E-state index in [1.807, 2.05) is 0 Å². The molecule has 2 atom stereocenters. The fourth-order valence-electron chi connectivity index (χ4n) is 5.08. The Hall–Kier alpha value is -2.40. The first-order chi connectivity index (χ1) is 19.0. The molecule has 0 N–H and O–H groups in total. The highest BCUT2D eigenvalue weighted by Crippen LogP contribution is 2.45. The molecule has 2 unspecified atom stereocenters. The van der Waals surface area contributed by atoms with Gasteiger partial charge in [-0.05, 0) is 54.3 Å². The average Bonchev–Trinajstić information content (AvgIpc) is 2.89. The molecule has 0 saturated carbocycles. The maximum Gasteiger partial charge on any atom is 0.416 e. The summed E-state index contributed by atoms with van der Waals surface area (Å²) in [4.78, 5) is 14.5. The Kier molecular flexibility index (Phi) is 10.4. The van der Waals surface area contributed by atoms with Crippen molar-refractivity contribution in [2.75, 3.05) is 6.54 Å². The molecular weight excluding hydrogens is 582 g/mol. The van der Waals surface area contributed by atoms with E-state index in [0.29, 0.717) is 18.6 Å². The maximum absolute atomic E-state index is 14.4. The third-order valence-corrected chi connectivity index (χ3v) is 7.77. The Balaban J connectivity index is 2.06. The highest BCUT2D eigenvalue weighted by Gasteiger charge is 2.53. The Morgan fingerprint density at radius 3 is 1.98 bits per heavy atom. The van der Waals surface area contributed by atoms with Gasteiger partial charge in [-0.2, -0.15) is 26.3 Å². The molecule has 1 aliphatic rings. The first kappa shape index (κ1) is 33.1. The second-order valence-corrected chi connectivity index (χ2v) is 11.0. The van der Waals surface area contributed by atoms with Gasteiger partial charge in [0.05, 0.1) is 17.7 Å². The molecule has 3 rings (SSSR count). The summed E-state index contributed by atoms with van der Waals surface area (Å²) in [5.74, 6) is -3.15. The van der Waals surface area contributed by atoms with Gasteiger partial charge in [-0.1, -0.05) is 70.0 Å². The summed E-state index contributed by atoms with van der Waals surface area (Å²) in [6.07, 6.45) is -4.87. The molecule has 1 amide bonds. The van der Waals surface area contributed by atoms with E-state index in [0.717, 1.165) is 49.1 Å². The highest BCUT2D eigenvalue weighted by atomic mass is 35.5. The molecule has 228 valence electrons. The van der Waals surface area contributed by atoms with Crippen molar-refractivity contribution in [3.8, 4) is 0 Å². The number of ether oxygens (including phenoxy) is 1. The third-order valence-electron chi connectivity index (χ3n) is 7.27. The lowest BCUT2D eigenvalue weighted by Gasteiger charge is -2.49. The largest absolute Gasteiger partial charge is 0.416 e. The topological polar surface area (TPSA) is 29.5 Å². The summed E-state index contributed by atoms with van der Waals surface area (Å²) in [5.41, 5.74) is -4.80. The Morgan fingerprint density at radius 1 is 0.854 bits per heavy atom. The normalized spacial score (nSPS) is 21.9. The minimum atomic E-state index is -5.07. The van der Waals surface area contributed by atoms with Gasteiger partial charge in [0.2, 0.25) is 5.06 Å². The van der Waals surface area contributed by atoms with Gasteiger partial charge in [-0.25, -0.2) is 8.78 Å². The number of rotatable bonds is 11. The predicted octanol–water partition coefficient (Wildman–Crippen LogP) is 9.35. The monoisotopic (exact) mass is 613 g/mol. The van der Waals surface area contributed by atoms with Crippen LogP contribution in [-0.2, 0) is 34.0 Å². The Labute approximate surface area is 238 Å². The van der Waals surface area contributed by atoms with Crippen molar-refractivity contribution in [2.45, 2.75) is 94.8 Å². The maximum atomic E-state index is 14.4. The van der Waals surface area contributed by atoms with Crippen LogP contribution in [0.15, 0.2) is 36.4 Å². The van der Waals surface area contributed by atoms with Crippen LogP contribution in [-0.4, -0.2) is 22.4 Å². The van der Waals surface area contributed by atoms with E-state index in [2.05, 4.69) is 6.92 Å². The number of hydrogen-bond acceptors (Lipinski definition) is 2. The number of hydrogen-bond donors (Lipinski definition) is 0. The lowest BCUT2D eigenvalue weighted by atomic mass is 9.84. The number of halogens is 9. The van der Waals surface area contributed by atoms with Crippen LogP contribution in [0, 0.1) is 11.6 Å². The predicted molar refractivity (Wildman–Crippen MR) is 138 cm³/mol. The third kappa shape index (κ3) is 7.91. The van der Waals surface area contributed by atoms with Gasteiger partial charge in [-0.3, -0.25) is 4.79 Å². The molecule has 0 aromatic heterocycles. The van der Waals surface area contributed by atoms with E-state index in [1.54, 1.807) is 0 Å². The van der Waals surface area contributed by atoms with Crippen molar-refractivity contribution in [1.29, 1.82) is 0 Å². The van der Waals surface area contributed by atoms with Gasteiger partial charge >= 0.3 is 12.4 Å². The van der Waals surface area contributed by atoms with Gasteiger partial charge in [0.1, 0.15) is 5.60 Å². The lowest BCUT2D eigenvalue weighted by molar-refractivity contribution is -0.201. The van der Waals surface area contributed by atoms with Crippen molar-refractivity contribution in [2.24, 2.45) is 0 Å². The molecular formula is C29H32ClF8NO2. The first-order valence-corrected chi connectivity index (χ1v) is 13.8. The van der Waals surface area contributed by atoms with Crippen molar-refractivity contribution in [3.05, 3.63) is 70.3 Å². The Morgan fingerprint density at radius 2 is 1.44 bits per heavy atom. The van der Waals surface area contributed by atoms with Crippen molar-refractivity contribution in [3.63, 3.8) is 0 Å². The standard InChI is InChI=1S/C29H32ClF8NO2/c1-3-5-6-7-8-9-12-26(20-10-11-23(31)24(32)16-20)18-39(25(40)27(30,4-2)41-26)17-19-13-21(28(33,34)35)15-22(14-19)29(36,37)38/h10-11,13-16H,3-9,12,17-18H2,1-2H3. The number of alkyl halides is 7. The molecule has 41 heavy (non-hydrogen) atoms. The number of carbonyl (C=O) groups is 1. The number of nitrogens with zero attached hydrogens (tertiary/aromatic N) is 1. The van der Waals surface area contributed by atoms with Crippen molar-refractivity contribution in [1.82, 2.24) is 4.90 Å². The van der Waals surface area contributed by atoms with Crippen molar-refractivity contribution < 1.29 is 44.7 Å². The van der Waals surface area contributed by atoms with E-state index < -0.39 is 63.8 Å². The SMILES string of the molecule is CCCCCCCCC1(c2ccc(F)c(F)c2)CN(Cc2cc(C(F)(F)F)cc(C(F)(F)F)c2)C(=O)C(Cl)(CC)O1. The van der Waals surface area contributed by atoms with Gasteiger partial charge in [-0.15, -0.1) is 0 Å². The molecule has 3 nitrogen and oxygen atoms in total. The average molecular weight is 614 g/mol. The number of unbranched alkanes of at least 4 members (excludes halogenated alkanes) is 5. The minimum absolute atomic E-state index is 0.00660. The van der Waals surface area contributed by atoms with Crippen LogP contribution < -0.4 is 0 Å². The lowest BCUT2D eigenvalue weighted by Crippen LogP contribution is -2.61. The number of benzene rings is 2. The second-order valence-electron chi connectivity index (χ2n) is 10.4. The first-order valence-electron chi connectivity index (χ1n) is 13.5. The molecule has 1 heterocycles. The zero-order valence-corrected chi connectivity index (χ0v) is 23.5. The smallest absolute Gasteiger partial charge is 0.338 e. The van der Waals surface area contributed by atoms with Crippen LogP contribution in [0.3, 0.4) is 0 Å². The van der Waals surface area contributed by atoms with Gasteiger partial charge < -0.3 is 9.64 Å². The molecule has 0 spiro atoms. The zero-order chi connectivity index (χ0) is 30.6. The van der Waals surface area contributed by atoms with E-state index in [1.165, 1.54) is 13.0 Å². The summed E-state index contributed by atoms with van der Waals surface area (Å²) >= 11 is 6.62. The van der Waals surface area contributed by atoms with E-state index in [-0.39, 0.29) is 31.0 Å². The van der Waals surface area contributed by atoms with Crippen LogP contribution in [0.4, 0.5) is 35.1 Å². The molecule has 0 radical (unpaired) electrons. The molecule has 0 bridgehead atoms. The number of amides is 1. The molecule has 12 heteroatoms. The second kappa shape index (κ2) is 12.9. The van der Waals surface area contributed by atoms with Gasteiger partial charge in [0, 0.05) is 6.54 Å². The quantitative estimate of drug-likeness (QED) is 0.144. The summed E-state index contributed by atoms with van der Waals surface area (Å²) < 4.78 is 115. The summed E-state index contributed by atoms with van der Waals surface area (Å²) in [5, 5.41) is -2.04. The highest BCUT2D eigenvalue weighted by molar-refractivity contribution is 6.33. The minimum Gasteiger partial charge on any atom is -0.338 e. The van der Waals surface area contributed by atoms with Crippen LogP contribution in [0.2, 0.25) is 0 Å². The van der Waals surface area contributed by atoms with Gasteiger partial charge in [0.15, 0.2) is 11.6 Å². The molecule has 1 fully saturated rings. The Bertz CT molecular complexity index is 1190. The molecule has 2 aromatic carbocycles. The van der Waals surface area contributed by atoms with E-state index >= 15 is 0 Å². The van der Waals surface area contributed by atoms with Crippen LogP contribution in [0.1, 0.15) is 87.5 Å². The summed E-state index contributed by atoms with van der Waals surface area (Å²) in [6, 6.07) is 4.19. The molecule has 0 aliphatic carbocycles. The van der Waals surface area contributed by atoms with Crippen LogP contribution in [0.25, 0.3) is 0 Å². The summed E-state index contributed by atoms with van der Waals surface area (Å²) in [6.45, 7) is 2.59.